The maximum absolute atomic E-state index is 10.9. The smallest absolute Gasteiger partial charge is 0.150 e. The van der Waals surface area contributed by atoms with Gasteiger partial charge in [0.2, 0.25) is 0 Å². The normalized spacial score (nSPS) is 13.2. The summed E-state index contributed by atoms with van der Waals surface area (Å²) in [5, 5.41) is 5.65. The number of carbonyl (C=O) groups excluding carboxylic acids is 1. The van der Waals surface area contributed by atoms with Crippen LogP contribution in [0.3, 0.4) is 0 Å². The van der Waals surface area contributed by atoms with Gasteiger partial charge in [-0.3, -0.25) is 4.79 Å². The van der Waals surface area contributed by atoms with Crippen LogP contribution in [0, 0.1) is 0 Å². The summed E-state index contributed by atoms with van der Waals surface area (Å²) in [6.45, 7) is 1.33. The Hall–Kier alpha value is -3.33. The van der Waals surface area contributed by atoms with Crippen molar-refractivity contribution in [2.24, 2.45) is 0 Å². The molecule has 3 heteroatoms. The third-order valence-electron chi connectivity index (χ3n) is 4.87. The maximum atomic E-state index is 10.9. The Morgan fingerprint density at radius 1 is 0.964 bits per heavy atom. The molecule has 1 aliphatic carbocycles. The number of benzene rings is 3. The highest BCUT2D eigenvalue weighted by Crippen LogP contribution is 2.22. The van der Waals surface area contributed by atoms with Crippen LogP contribution in [0.5, 0.6) is 5.75 Å². The molecule has 140 valence electrons. The van der Waals surface area contributed by atoms with Crippen molar-refractivity contribution in [1.29, 1.82) is 0 Å². The highest BCUT2D eigenvalue weighted by molar-refractivity contribution is 5.90. The van der Waals surface area contributed by atoms with Gasteiger partial charge in [-0.2, -0.15) is 0 Å². The van der Waals surface area contributed by atoms with Crippen molar-refractivity contribution in [1.82, 2.24) is 0 Å². The fourth-order valence-electron chi connectivity index (χ4n) is 3.34. The fraction of sp³-hybridized carbons (Fsp3) is 0.160. The monoisotopic (exact) mass is 369 g/mol. The summed E-state index contributed by atoms with van der Waals surface area (Å²) in [5.74, 6) is 0.888. The largest absolute Gasteiger partial charge is 0.489 e. The quantitative estimate of drug-likeness (QED) is 0.525. The average molecular weight is 369 g/mol. The summed E-state index contributed by atoms with van der Waals surface area (Å²) in [4.78, 5) is 10.9. The molecule has 0 radical (unpaired) electrons. The lowest BCUT2D eigenvalue weighted by atomic mass is 10.1. The summed E-state index contributed by atoms with van der Waals surface area (Å²) in [6.07, 6.45) is 9.68. The van der Waals surface area contributed by atoms with Crippen LogP contribution in [0.2, 0.25) is 0 Å². The van der Waals surface area contributed by atoms with Crippen molar-refractivity contribution in [3.05, 3.63) is 95.6 Å². The first-order valence-corrected chi connectivity index (χ1v) is 9.60. The molecule has 3 aromatic rings. The zero-order valence-corrected chi connectivity index (χ0v) is 15.7. The van der Waals surface area contributed by atoms with E-state index in [1.807, 2.05) is 42.5 Å². The standard InChI is InChI=1S/C25H23NO2/c27-17-21-9-10-23-15-24(12-11-22(23)13-21)26-16-20-7-4-8-25(14-20)28-18-19-5-2-1-3-6-19/h2,4-15,17,26H,1,3,16,18H2. The van der Waals surface area contributed by atoms with E-state index in [4.69, 9.17) is 4.74 Å². The summed E-state index contributed by atoms with van der Waals surface area (Å²) >= 11 is 0. The van der Waals surface area contributed by atoms with Crippen molar-refractivity contribution in [2.75, 3.05) is 11.9 Å². The minimum Gasteiger partial charge on any atom is -0.489 e. The molecule has 0 fully saturated rings. The first-order chi connectivity index (χ1) is 13.8. The molecule has 0 aromatic heterocycles. The predicted octanol–water partition coefficient (Wildman–Crippen LogP) is 5.92. The van der Waals surface area contributed by atoms with Crippen molar-refractivity contribution in [3.63, 3.8) is 0 Å². The minimum absolute atomic E-state index is 0.612. The predicted molar refractivity (Wildman–Crippen MR) is 115 cm³/mol. The zero-order valence-electron chi connectivity index (χ0n) is 15.7. The first kappa shape index (κ1) is 18.1. The van der Waals surface area contributed by atoms with Crippen LogP contribution in [0.1, 0.15) is 28.8 Å². The van der Waals surface area contributed by atoms with Crippen molar-refractivity contribution in [2.45, 2.75) is 19.4 Å². The highest BCUT2D eigenvalue weighted by Gasteiger charge is 2.02. The molecule has 3 aromatic carbocycles. The molecule has 0 heterocycles. The van der Waals surface area contributed by atoms with Gasteiger partial charge in [-0.15, -0.1) is 0 Å². The molecule has 4 rings (SSSR count). The SMILES string of the molecule is O=Cc1ccc2cc(NCc3cccc(OCC4=CCCC=C4)c3)ccc2c1. The summed E-state index contributed by atoms with van der Waals surface area (Å²) < 4.78 is 5.94. The van der Waals surface area contributed by atoms with Crippen LogP contribution in [-0.2, 0) is 6.54 Å². The molecule has 1 aliphatic rings. The van der Waals surface area contributed by atoms with Gasteiger partial charge in [-0.05, 0) is 65.1 Å². The van der Waals surface area contributed by atoms with Crippen LogP contribution < -0.4 is 10.1 Å². The van der Waals surface area contributed by atoms with Crippen LogP contribution in [0.15, 0.2) is 84.5 Å². The maximum Gasteiger partial charge on any atom is 0.150 e. The van der Waals surface area contributed by atoms with Crippen molar-refractivity contribution >= 4 is 22.7 Å². The topological polar surface area (TPSA) is 38.3 Å². The number of hydrogen-bond acceptors (Lipinski definition) is 3. The number of aldehydes is 1. The van der Waals surface area contributed by atoms with Gasteiger partial charge in [-0.25, -0.2) is 0 Å². The van der Waals surface area contributed by atoms with E-state index in [2.05, 4.69) is 41.7 Å². The lowest BCUT2D eigenvalue weighted by molar-refractivity contribution is 0.112. The molecule has 0 aliphatic heterocycles. The van der Waals surface area contributed by atoms with E-state index in [0.29, 0.717) is 12.2 Å². The Balaban J connectivity index is 1.39. The summed E-state index contributed by atoms with van der Waals surface area (Å²) in [6, 6.07) is 20.1. The van der Waals surface area contributed by atoms with Crippen LogP contribution >= 0.6 is 0 Å². The van der Waals surface area contributed by atoms with Gasteiger partial charge in [0.05, 0.1) is 0 Å². The molecule has 0 spiro atoms. The zero-order chi connectivity index (χ0) is 19.2. The average Bonchev–Trinajstić information content (AvgIpc) is 2.77. The molecule has 28 heavy (non-hydrogen) atoms. The Kier molecular flexibility index (Phi) is 5.53. The van der Waals surface area contributed by atoms with Crippen LogP contribution in [0.4, 0.5) is 5.69 Å². The molecular weight excluding hydrogens is 346 g/mol. The number of rotatable bonds is 7. The molecule has 0 amide bonds. The minimum atomic E-state index is 0.612. The number of carbonyl (C=O) groups is 1. The van der Waals surface area contributed by atoms with E-state index < -0.39 is 0 Å². The number of ether oxygens (including phenoxy) is 1. The van der Waals surface area contributed by atoms with E-state index in [1.54, 1.807) is 0 Å². The summed E-state index contributed by atoms with van der Waals surface area (Å²) in [5.41, 5.74) is 4.16. The Morgan fingerprint density at radius 3 is 2.71 bits per heavy atom. The van der Waals surface area contributed by atoms with Gasteiger partial charge < -0.3 is 10.1 Å². The second kappa shape index (κ2) is 8.57. The number of nitrogens with one attached hydrogen (secondary N) is 1. The second-order valence-corrected chi connectivity index (χ2v) is 6.99. The van der Waals surface area contributed by atoms with Crippen LogP contribution in [-0.4, -0.2) is 12.9 Å². The molecule has 0 bridgehead atoms. The molecule has 0 atom stereocenters. The van der Waals surface area contributed by atoms with E-state index in [-0.39, 0.29) is 0 Å². The number of anilines is 1. The third-order valence-corrected chi connectivity index (χ3v) is 4.87. The molecule has 0 saturated heterocycles. The van der Waals surface area contributed by atoms with E-state index >= 15 is 0 Å². The molecule has 1 N–H and O–H groups in total. The van der Waals surface area contributed by atoms with Crippen molar-refractivity contribution < 1.29 is 9.53 Å². The Labute approximate surface area is 165 Å². The molecule has 3 nitrogen and oxygen atoms in total. The molecule has 0 saturated carbocycles. The van der Waals surface area contributed by atoms with Gasteiger partial charge in [0.1, 0.15) is 18.6 Å². The summed E-state index contributed by atoms with van der Waals surface area (Å²) in [7, 11) is 0. The van der Waals surface area contributed by atoms with Gasteiger partial charge in [0, 0.05) is 17.8 Å². The number of allylic oxidation sites excluding steroid dienone is 2. The van der Waals surface area contributed by atoms with E-state index in [0.717, 1.165) is 47.9 Å². The first-order valence-electron chi connectivity index (χ1n) is 9.60. The van der Waals surface area contributed by atoms with Crippen molar-refractivity contribution in [3.8, 4) is 5.75 Å². The lowest BCUT2D eigenvalue weighted by Gasteiger charge is -2.12. The number of fused-ring (bicyclic) bond motifs is 1. The fourth-order valence-corrected chi connectivity index (χ4v) is 3.34. The lowest BCUT2D eigenvalue weighted by Crippen LogP contribution is -2.03. The van der Waals surface area contributed by atoms with Gasteiger partial charge in [0.15, 0.2) is 0 Å². The molecular formula is C25H23NO2. The van der Waals surface area contributed by atoms with Gasteiger partial charge in [0.25, 0.3) is 0 Å². The van der Waals surface area contributed by atoms with E-state index in [9.17, 15) is 4.79 Å². The van der Waals surface area contributed by atoms with E-state index in [1.165, 1.54) is 11.1 Å². The Morgan fingerprint density at radius 2 is 1.86 bits per heavy atom. The van der Waals surface area contributed by atoms with Gasteiger partial charge in [-0.1, -0.05) is 48.6 Å². The van der Waals surface area contributed by atoms with Gasteiger partial charge >= 0.3 is 0 Å². The second-order valence-electron chi connectivity index (χ2n) is 6.99. The number of hydrogen-bond donors (Lipinski definition) is 1. The molecule has 0 unspecified atom stereocenters. The highest BCUT2D eigenvalue weighted by atomic mass is 16.5. The third kappa shape index (κ3) is 4.49. The Bertz CT molecular complexity index is 1050. The van der Waals surface area contributed by atoms with Crippen LogP contribution in [0.25, 0.3) is 10.8 Å².